The topological polar surface area (TPSA) is 0 Å². The summed E-state index contributed by atoms with van der Waals surface area (Å²) >= 11 is 0. The number of unbranched alkanes of at least 4 members (excludes halogenated alkanes) is 10. The van der Waals surface area contributed by atoms with Crippen molar-refractivity contribution in [2.45, 2.75) is 104 Å². The van der Waals surface area contributed by atoms with Crippen LogP contribution in [0.1, 0.15) is 113 Å². The molecule has 0 radical (unpaired) electrons. The largest absolute Gasteiger partial charge is 0.0654 e. The Bertz CT molecular complexity index is 695. The van der Waals surface area contributed by atoms with Crippen LogP contribution >= 0.6 is 0 Å². The van der Waals surface area contributed by atoms with Gasteiger partial charge in [-0.05, 0) is 47.9 Å². The zero-order valence-electron chi connectivity index (χ0n) is 19.7. The molecule has 0 aromatic heterocycles. The Kier molecular flexibility index (Phi) is 13.0. The van der Waals surface area contributed by atoms with E-state index in [4.69, 9.17) is 0 Å². The summed E-state index contributed by atoms with van der Waals surface area (Å²) in [4.78, 5) is 0. The van der Waals surface area contributed by atoms with Gasteiger partial charge in [0.05, 0.1) is 0 Å². The highest BCUT2D eigenvalue weighted by molar-refractivity contribution is 5.71. The summed E-state index contributed by atoms with van der Waals surface area (Å²) in [6.45, 7) is 4.58. The maximum atomic E-state index is 2.46. The summed E-state index contributed by atoms with van der Waals surface area (Å²) in [5.41, 5.74) is 5.73. The summed E-state index contributed by atoms with van der Waals surface area (Å²) in [6.07, 6.45) is 23.4. The molecule has 30 heavy (non-hydrogen) atoms. The highest BCUT2D eigenvalue weighted by atomic mass is 14.1. The van der Waals surface area contributed by atoms with Gasteiger partial charge in [0.15, 0.2) is 0 Å². The van der Waals surface area contributed by atoms with Crippen molar-refractivity contribution in [2.75, 3.05) is 0 Å². The standard InChI is InChI=1S/C30H44/c1-3-5-7-9-11-14-20-28-23-24-29(21-17-12-10-8-6-4-2)30(26-28)25-22-27-18-15-13-16-19-27/h13,15-16,18-19,22-26H,3-12,14,17,20-21H2,1-2H3/b25-22-. The Hall–Kier alpha value is -1.82. The van der Waals surface area contributed by atoms with Crippen molar-refractivity contribution < 1.29 is 0 Å². The van der Waals surface area contributed by atoms with Gasteiger partial charge in [-0.1, -0.05) is 139 Å². The van der Waals surface area contributed by atoms with Crippen LogP contribution in [0.15, 0.2) is 48.5 Å². The Labute approximate surface area is 186 Å². The lowest BCUT2D eigenvalue weighted by Crippen LogP contribution is -1.94. The Balaban J connectivity index is 1.95. The summed E-state index contributed by atoms with van der Waals surface area (Å²) < 4.78 is 0. The van der Waals surface area contributed by atoms with E-state index in [-0.39, 0.29) is 0 Å². The maximum Gasteiger partial charge on any atom is -0.0222 e. The van der Waals surface area contributed by atoms with E-state index in [1.807, 2.05) is 0 Å². The van der Waals surface area contributed by atoms with Gasteiger partial charge in [0.25, 0.3) is 0 Å². The highest BCUT2D eigenvalue weighted by Crippen LogP contribution is 2.20. The van der Waals surface area contributed by atoms with Crippen LogP contribution in [-0.4, -0.2) is 0 Å². The molecule has 0 fully saturated rings. The van der Waals surface area contributed by atoms with E-state index in [0.717, 1.165) is 0 Å². The van der Waals surface area contributed by atoms with Crippen LogP contribution in [0, 0.1) is 0 Å². The fourth-order valence-corrected chi connectivity index (χ4v) is 4.14. The van der Waals surface area contributed by atoms with Crippen molar-refractivity contribution in [1.82, 2.24) is 0 Å². The second-order valence-corrected chi connectivity index (χ2v) is 8.81. The van der Waals surface area contributed by atoms with Gasteiger partial charge in [-0.25, -0.2) is 0 Å². The van der Waals surface area contributed by atoms with Crippen molar-refractivity contribution in [1.29, 1.82) is 0 Å². The molecule has 0 saturated heterocycles. The SMILES string of the molecule is CCCCCCCCc1ccc(CCCCCCCC)c(/C=C\c2ccccc2)c1. The lowest BCUT2D eigenvalue weighted by molar-refractivity contribution is 0.606. The van der Waals surface area contributed by atoms with Crippen molar-refractivity contribution in [3.8, 4) is 0 Å². The van der Waals surface area contributed by atoms with E-state index >= 15 is 0 Å². The van der Waals surface area contributed by atoms with Gasteiger partial charge in [0.1, 0.15) is 0 Å². The van der Waals surface area contributed by atoms with Crippen LogP contribution in [0.25, 0.3) is 12.2 Å². The van der Waals surface area contributed by atoms with Gasteiger partial charge in [-0.15, -0.1) is 0 Å². The van der Waals surface area contributed by atoms with E-state index in [9.17, 15) is 0 Å². The average molecular weight is 405 g/mol. The van der Waals surface area contributed by atoms with Crippen LogP contribution in [0.5, 0.6) is 0 Å². The van der Waals surface area contributed by atoms with Gasteiger partial charge in [0.2, 0.25) is 0 Å². The summed E-state index contributed by atoms with van der Waals surface area (Å²) in [6, 6.07) is 17.9. The van der Waals surface area contributed by atoms with Gasteiger partial charge in [0, 0.05) is 0 Å². The first-order chi connectivity index (χ1) is 14.8. The third kappa shape index (κ3) is 10.3. The quantitative estimate of drug-likeness (QED) is 0.193. The molecule has 0 heterocycles. The predicted molar refractivity (Wildman–Crippen MR) is 136 cm³/mol. The van der Waals surface area contributed by atoms with Gasteiger partial charge in [-0.2, -0.15) is 0 Å². The van der Waals surface area contributed by atoms with Crippen LogP contribution < -0.4 is 0 Å². The molecule has 0 aliphatic carbocycles. The van der Waals surface area contributed by atoms with E-state index < -0.39 is 0 Å². The van der Waals surface area contributed by atoms with Crippen molar-refractivity contribution >= 4 is 12.2 Å². The van der Waals surface area contributed by atoms with E-state index in [0.29, 0.717) is 0 Å². The molecule has 2 aromatic carbocycles. The predicted octanol–water partition coefficient (Wildman–Crippen LogP) is 9.66. The van der Waals surface area contributed by atoms with E-state index in [1.165, 1.54) is 112 Å². The normalized spacial score (nSPS) is 11.4. The minimum atomic E-state index is 1.21. The molecule has 2 rings (SSSR count). The highest BCUT2D eigenvalue weighted by Gasteiger charge is 2.03. The molecule has 0 aliphatic heterocycles. The molecule has 0 saturated carbocycles. The lowest BCUT2D eigenvalue weighted by atomic mass is 9.95. The molecule has 0 unspecified atom stereocenters. The Morgan fingerprint density at radius 2 is 1.17 bits per heavy atom. The van der Waals surface area contributed by atoms with Crippen LogP contribution in [0.2, 0.25) is 0 Å². The molecule has 0 N–H and O–H groups in total. The Morgan fingerprint density at radius 3 is 1.83 bits per heavy atom. The van der Waals surface area contributed by atoms with Gasteiger partial charge < -0.3 is 0 Å². The van der Waals surface area contributed by atoms with Crippen LogP contribution in [-0.2, 0) is 12.8 Å². The molecule has 164 valence electrons. The monoisotopic (exact) mass is 404 g/mol. The van der Waals surface area contributed by atoms with Crippen molar-refractivity contribution in [3.05, 3.63) is 70.8 Å². The molecular weight excluding hydrogens is 360 g/mol. The second-order valence-electron chi connectivity index (χ2n) is 8.81. The smallest absolute Gasteiger partial charge is 0.0222 e. The second kappa shape index (κ2) is 15.9. The third-order valence-electron chi connectivity index (χ3n) is 6.08. The maximum absolute atomic E-state index is 2.46. The molecule has 0 nitrogen and oxygen atoms in total. The number of benzene rings is 2. The summed E-state index contributed by atoms with van der Waals surface area (Å²) in [7, 11) is 0. The van der Waals surface area contributed by atoms with Crippen molar-refractivity contribution in [3.63, 3.8) is 0 Å². The zero-order chi connectivity index (χ0) is 21.3. The first kappa shape index (κ1) is 24.4. The molecule has 0 bridgehead atoms. The van der Waals surface area contributed by atoms with Crippen LogP contribution in [0.3, 0.4) is 0 Å². The fraction of sp³-hybridized carbons (Fsp3) is 0.533. The average Bonchev–Trinajstić information content (AvgIpc) is 2.78. The molecule has 0 amide bonds. The molecule has 0 spiro atoms. The minimum absolute atomic E-state index is 1.21. The molecule has 2 aromatic rings. The first-order valence-corrected chi connectivity index (χ1v) is 12.7. The van der Waals surface area contributed by atoms with Gasteiger partial charge >= 0.3 is 0 Å². The van der Waals surface area contributed by atoms with E-state index in [1.54, 1.807) is 0 Å². The third-order valence-corrected chi connectivity index (χ3v) is 6.08. The lowest BCUT2D eigenvalue weighted by Gasteiger charge is -2.10. The molecule has 0 heteroatoms. The first-order valence-electron chi connectivity index (χ1n) is 12.7. The van der Waals surface area contributed by atoms with Crippen LogP contribution in [0.4, 0.5) is 0 Å². The summed E-state index contributed by atoms with van der Waals surface area (Å²) in [5, 5.41) is 0. The zero-order valence-corrected chi connectivity index (χ0v) is 19.7. The van der Waals surface area contributed by atoms with Gasteiger partial charge in [-0.3, -0.25) is 0 Å². The summed E-state index contributed by atoms with van der Waals surface area (Å²) in [5.74, 6) is 0. The van der Waals surface area contributed by atoms with E-state index in [2.05, 4.69) is 74.5 Å². The molecule has 0 atom stereocenters. The number of rotatable bonds is 16. The number of hydrogen-bond acceptors (Lipinski definition) is 0. The number of aryl methyl sites for hydroxylation is 2. The van der Waals surface area contributed by atoms with Crippen molar-refractivity contribution in [2.24, 2.45) is 0 Å². The minimum Gasteiger partial charge on any atom is -0.0654 e. The molecule has 0 aliphatic rings. The fourth-order valence-electron chi connectivity index (χ4n) is 4.14. The Morgan fingerprint density at radius 1 is 0.567 bits per heavy atom. The molecular formula is C30H44. The number of hydrogen-bond donors (Lipinski definition) is 0.